The van der Waals surface area contributed by atoms with Crippen LogP contribution in [0.2, 0.25) is 0 Å². The Kier molecular flexibility index (Phi) is 4.40. The Balaban J connectivity index is 1.51. The predicted molar refractivity (Wildman–Crippen MR) is 93.4 cm³/mol. The summed E-state index contributed by atoms with van der Waals surface area (Å²) in [5.41, 5.74) is 3.44. The van der Waals surface area contributed by atoms with Gasteiger partial charge in [0.25, 0.3) is 5.91 Å². The Morgan fingerprint density at radius 2 is 2.20 bits per heavy atom. The van der Waals surface area contributed by atoms with Gasteiger partial charge in [0.2, 0.25) is 0 Å². The average Bonchev–Trinajstić information content (AvgIpc) is 2.65. The topological polar surface area (TPSA) is 50.4 Å². The molecule has 2 aliphatic heterocycles. The van der Waals surface area contributed by atoms with E-state index in [4.69, 9.17) is 4.74 Å². The molecule has 0 saturated heterocycles. The van der Waals surface area contributed by atoms with Gasteiger partial charge < -0.3 is 15.4 Å². The molecule has 5 heteroatoms. The molecule has 4 nitrogen and oxygen atoms in total. The fraction of sp³-hybridized carbons (Fsp3) is 0.350. The van der Waals surface area contributed by atoms with E-state index in [1.807, 2.05) is 24.3 Å². The number of fused-ring (bicyclic) bond motifs is 2. The minimum atomic E-state index is -0.357. The minimum absolute atomic E-state index is 0.193. The van der Waals surface area contributed by atoms with Crippen molar-refractivity contribution < 1.29 is 13.9 Å². The highest BCUT2D eigenvalue weighted by Gasteiger charge is 2.23. The van der Waals surface area contributed by atoms with Crippen LogP contribution in [0.1, 0.15) is 39.4 Å². The van der Waals surface area contributed by atoms with Crippen LogP contribution in [-0.2, 0) is 13.0 Å². The van der Waals surface area contributed by atoms with Crippen LogP contribution in [0, 0.1) is 5.82 Å². The number of para-hydroxylation sites is 1. The van der Waals surface area contributed by atoms with Gasteiger partial charge in [-0.25, -0.2) is 4.39 Å². The normalized spacial score (nSPS) is 18.7. The zero-order chi connectivity index (χ0) is 17.2. The Hall–Kier alpha value is -2.40. The molecule has 0 aromatic heterocycles. The van der Waals surface area contributed by atoms with Gasteiger partial charge in [-0.3, -0.25) is 4.79 Å². The summed E-state index contributed by atoms with van der Waals surface area (Å²) in [5.74, 6) is 0.563. The smallest absolute Gasteiger partial charge is 0.251 e. The second-order valence-electron chi connectivity index (χ2n) is 6.60. The van der Waals surface area contributed by atoms with E-state index in [9.17, 15) is 9.18 Å². The van der Waals surface area contributed by atoms with Gasteiger partial charge >= 0.3 is 0 Å². The highest BCUT2D eigenvalue weighted by molar-refractivity contribution is 5.96. The third-order valence-electron chi connectivity index (χ3n) is 5.01. The van der Waals surface area contributed by atoms with Crippen LogP contribution in [0.4, 0.5) is 4.39 Å². The molecule has 130 valence electrons. The molecular formula is C20H21FN2O2. The van der Waals surface area contributed by atoms with Crippen LogP contribution in [0.3, 0.4) is 0 Å². The van der Waals surface area contributed by atoms with Gasteiger partial charge in [-0.05, 0) is 54.3 Å². The number of nitrogens with one attached hydrogen (secondary N) is 2. The largest absolute Gasteiger partial charge is 0.493 e. The number of carbonyl (C=O) groups excluding carboxylic acids is 1. The number of carbonyl (C=O) groups is 1. The van der Waals surface area contributed by atoms with Crippen molar-refractivity contribution in [1.82, 2.24) is 10.6 Å². The molecule has 2 N–H and O–H groups in total. The summed E-state index contributed by atoms with van der Waals surface area (Å²) in [6, 6.07) is 10.8. The summed E-state index contributed by atoms with van der Waals surface area (Å²) in [6.07, 6.45) is 1.61. The van der Waals surface area contributed by atoms with E-state index in [2.05, 4.69) is 10.6 Å². The zero-order valence-corrected chi connectivity index (χ0v) is 14.0. The van der Waals surface area contributed by atoms with Gasteiger partial charge in [0, 0.05) is 24.6 Å². The number of halogens is 1. The van der Waals surface area contributed by atoms with Crippen molar-refractivity contribution in [3.05, 3.63) is 64.5 Å². The first-order valence-electron chi connectivity index (χ1n) is 8.74. The molecule has 0 spiro atoms. The maximum Gasteiger partial charge on any atom is 0.251 e. The van der Waals surface area contributed by atoms with Crippen molar-refractivity contribution >= 4 is 5.91 Å². The van der Waals surface area contributed by atoms with E-state index in [0.717, 1.165) is 41.8 Å². The number of rotatable bonds is 3. The van der Waals surface area contributed by atoms with E-state index in [-0.39, 0.29) is 17.6 Å². The third kappa shape index (κ3) is 3.24. The standard InChI is InChI=1S/C20H21FN2O2/c21-15-9-14-11-22-7-5-16(14)18(10-15)20(24)23-12-13-6-8-25-19-4-2-1-3-17(13)19/h1-4,9-10,13,22H,5-8,11-12H2,(H,23,24). The summed E-state index contributed by atoms with van der Waals surface area (Å²) in [4.78, 5) is 12.7. The summed E-state index contributed by atoms with van der Waals surface area (Å²) >= 11 is 0. The Bertz CT molecular complexity index is 806. The lowest BCUT2D eigenvalue weighted by Gasteiger charge is -2.26. The van der Waals surface area contributed by atoms with Crippen molar-refractivity contribution in [3.8, 4) is 5.75 Å². The second kappa shape index (κ2) is 6.84. The number of ether oxygens (including phenoxy) is 1. The zero-order valence-electron chi connectivity index (χ0n) is 14.0. The SMILES string of the molecule is O=C(NCC1CCOc2ccccc21)c1cc(F)cc2c1CCNC2. The molecule has 2 aromatic carbocycles. The molecule has 25 heavy (non-hydrogen) atoms. The highest BCUT2D eigenvalue weighted by Crippen LogP contribution is 2.32. The molecule has 2 heterocycles. The molecule has 1 atom stereocenters. The monoisotopic (exact) mass is 340 g/mol. The highest BCUT2D eigenvalue weighted by atomic mass is 19.1. The van der Waals surface area contributed by atoms with Crippen molar-refractivity contribution in [3.63, 3.8) is 0 Å². The van der Waals surface area contributed by atoms with Gasteiger partial charge in [0.15, 0.2) is 0 Å². The van der Waals surface area contributed by atoms with Crippen LogP contribution < -0.4 is 15.4 Å². The molecule has 1 amide bonds. The Labute approximate surface area is 146 Å². The molecule has 0 bridgehead atoms. The van der Waals surface area contributed by atoms with Crippen LogP contribution >= 0.6 is 0 Å². The number of benzene rings is 2. The number of hydrogen-bond donors (Lipinski definition) is 2. The molecule has 1 unspecified atom stereocenters. The second-order valence-corrected chi connectivity index (χ2v) is 6.60. The molecule has 0 aliphatic carbocycles. The maximum absolute atomic E-state index is 13.9. The van der Waals surface area contributed by atoms with E-state index in [1.54, 1.807) is 0 Å². The molecule has 4 rings (SSSR count). The molecule has 0 fully saturated rings. The van der Waals surface area contributed by atoms with Gasteiger partial charge in [0.05, 0.1) is 6.61 Å². The van der Waals surface area contributed by atoms with Crippen molar-refractivity contribution in [2.24, 2.45) is 0 Å². The van der Waals surface area contributed by atoms with Gasteiger partial charge in [-0.15, -0.1) is 0 Å². The summed E-state index contributed by atoms with van der Waals surface area (Å²) in [7, 11) is 0. The first-order chi connectivity index (χ1) is 12.2. The molecule has 2 aliphatic rings. The van der Waals surface area contributed by atoms with Crippen LogP contribution in [0.5, 0.6) is 5.75 Å². The van der Waals surface area contributed by atoms with E-state index in [0.29, 0.717) is 25.3 Å². The van der Waals surface area contributed by atoms with E-state index >= 15 is 0 Å². The lowest BCUT2D eigenvalue weighted by Crippen LogP contribution is -2.33. The average molecular weight is 340 g/mol. The fourth-order valence-corrected chi connectivity index (χ4v) is 3.72. The van der Waals surface area contributed by atoms with Crippen LogP contribution in [-0.4, -0.2) is 25.6 Å². The first kappa shape index (κ1) is 16.1. The quantitative estimate of drug-likeness (QED) is 0.903. The summed E-state index contributed by atoms with van der Waals surface area (Å²) < 4.78 is 19.5. The van der Waals surface area contributed by atoms with E-state index < -0.39 is 0 Å². The first-order valence-corrected chi connectivity index (χ1v) is 8.74. The number of hydrogen-bond acceptors (Lipinski definition) is 3. The molecule has 0 saturated carbocycles. The summed E-state index contributed by atoms with van der Waals surface area (Å²) in [6.45, 7) is 2.61. The minimum Gasteiger partial charge on any atom is -0.493 e. The lowest BCUT2D eigenvalue weighted by molar-refractivity contribution is 0.0946. The Morgan fingerprint density at radius 3 is 3.12 bits per heavy atom. The van der Waals surface area contributed by atoms with Crippen molar-refractivity contribution in [2.45, 2.75) is 25.3 Å². The van der Waals surface area contributed by atoms with Gasteiger partial charge in [0.1, 0.15) is 11.6 Å². The number of amides is 1. The summed E-state index contributed by atoms with van der Waals surface area (Å²) in [5, 5.41) is 6.22. The van der Waals surface area contributed by atoms with E-state index in [1.165, 1.54) is 12.1 Å². The predicted octanol–water partition coefficient (Wildman–Crippen LogP) is 2.77. The van der Waals surface area contributed by atoms with Gasteiger partial charge in [-0.1, -0.05) is 18.2 Å². The van der Waals surface area contributed by atoms with Crippen LogP contribution in [0.15, 0.2) is 36.4 Å². The van der Waals surface area contributed by atoms with Crippen LogP contribution in [0.25, 0.3) is 0 Å². The lowest BCUT2D eigenvalue weighted by atomic mass is 9.92. The maximum atomic E-state index is 13.9. The van der Waals surface area contributed by atoms with Crippen molar-refractivity contribution in [1.29, 1.82) is 0 Å². The third-order valence-corrected chi connectivity index (χ3v) is 5.01. The van der Waals surface area contributed by atoms with Crippen molar-refractivity contribution in [2.75, 3.05) is 19.7 Å². The molecule has 2 aromatic rings. The Morgan fingerprint density at radius 1 is 1.32 bits per heavy atom. The molecular weight excluding hydrogens is 319 g/mol. The fourth-order valence-electron chi connectivity index (χ4n) is 3.72. The molecule has 0 radical (unpaired) electrons. The van der Waals surface area contributed by atoms with Gasteiger partial charge in [-0.2, -0.15) is 0 Å².